The molecule has 0 saturated carbocycles. The topological polar surface area (TPSA) is 83.0 Å². The number of nitrogens with zero attached hydrogens (tertiary/aromatic N) is 3. The van der Waals surface area contributed by atoms with E-state index in [1.807, 2.05) is 41.9 Å². The zero-order valence-corrected chi connectivity index (χ0v) is 12.8. The quantitative estimate of drug-likeness (QED) is 0.640. The van der Waals surface area contributed by atoms with Crippen LogP contribution in [0.1, 0.15) is 12.0 Å². The number of esters is 1. The van der Waals surface area contributed by atoms with Gasteiger partial charge in [-0.1, -0.05) is 42.1 Å². The molecule has 0 amide bonds. The fourth-order valence-electron chi connectivity index (χ4n) is 1.99. The van der Waals surface area contributed by atoms with Gasteiger partial charge in [-0.25, -0.2) is 4.79 Å². The number of thioether (sulfide) groups is 1. The van der Waals surface area contributed by atoms with E-state index in [4.69, 9.17) is 10.5 Å². The Morgan fingerprint density at radius 2 is 2.14 bits per heavy atom. The van der Waals surface area contributed by atoms with Gasteiger partial charge in [0.25, 0.3) is 0 Å². The van der Waals surface area contributed by atoms with Gasteiger partial charge < -0.3 is 15.0 Å². The summed E-state index contributed by atoms with van der Waals surface area (Å²) in [4.78, 5) is 12.1. The number of hydrogen-bond donors (Lipinski definition) is 1. The van der Waals surface area contributed by atoms with Crippen LogP contribution in [0.15, 0.2) is 41.8 Å². The molecule has 1 aromatic heterocycles. The van der Waals surface area contributed by atoms with E-state index in [0.717, 1.165) is 10.7 Å². The minimum absolute atomic E-state index is 0.438. The summed E-state index contributed by atoms with van der Waals surface area (Å²) in [6.07, 6.45) is 2.08. The van der Waals surface area contributed by atoms with Crippen molar-refractivity contribution in [3.05, 3.63) is 42.2 Å². The predicted molar refractivity (Wildman–Crippen MR) is 80.7 cm³/mol. The maximum absolute atomic E-state index is 12.1. The van der Waals surface area contributed by atoms with Crippen LogP contribution in [0.3, 0.4) is 0 Å². The van der Waals surface area contributed by atoms with Crippen molar-refractivity contribution < 1.29 is 9.53 Å². The first-order valence-electron chi connectivity index (χ1n) is 6.47. The highest BCUT2D eigenvalue weighted by Crippen LogP contribution is 2.27. The van der Waals surface area contributed by atoms with Gasteiger partial charge in [0.2, 0.25) is 0 Å². The third-order valence-corrected chi connectivity index (χ3v) is 4.27. The summed E-state index contributed by atoms with van der Waals surface area (Å²) in [5.74, 6) is 0.194. The van der Waals surface area contributed by atoms with Gasteiger partial charge in [0.15, 0.2) is 5.16 Å². The summed E-state index contributed by atoms with van der Waals surface area (Å²) in [7, 11) is 3.22. The van der Waals surface area contributed by atoms with Crippen LogP contribution in [0.4, 0.5) is 0 Å². The first-order chi connectivity index (χ1) is 10.1. The lowest BCUT2D eigenvalue weighted by Crippen LogP contribution is -2.46. The summed E-state index contributed by atoms with van der Waals surface area (Å²) in [5, 5.41) is 8.59. The summed E-state index contributed by atoms with van der Waals surface area (Å²) in [6, 6.07) is 9.27. The van der Waals surface area contributed by atoms with Crippen LogP contribution in [0.25, 0.3) is 0 Å². The van der Waals surface area contributed by atoms with Gasteiger partial charge >= 0.3 is 5.97 Å². The molecule has 6 nitrogen and oxygen atoms in total. The molecular formula is C14H18N4O2S. The van der Waals surface area contributed by atoms with Gasteiger partial charge in [-0.05, 0) is 12.0 Å². The van der Waals surface area contributed by atoms with Crippen molar-refractivity contribution in [1.82, 2.24) is 14.8 Å². The second-order valence-corrected chi connectivity index (χ2v) is 5.71. The van der Waals surface area contributed by atoms with Crippen LogP contribution >= 0.6 is 11.8 Å². The van der Waals surface area contributed by atoms with E-state index in [1.54, 1.807) is 6.33 Å². The average molecular weight is 306 g/mol. The predicted octanol–water partition coefficient (Wildman–Crippen LogP) is 1.32. The number of hydrogen-bond acceptors (Lipinski definition) is 6. The molecule has 0 aliphatic carbocycles. The van der Waals surface area contributed by atoms with Crippen molar-refractivity contribution >= 4 is 17.7 Å². The molecule has 0 spiro atoms. The Hall–Kier alpha value is -1.86. The maximum Gasteiger partial charge on any atom is 0.330 e. The van der Waals surface area contributed by atoms with Crippen LogP contribution in [-0.2, 0) is 22.1 Å². The van der Waals surface area contributed by atoms with E-state index >= 15 is 0 Å². The highest BCUT2D eigenvalue weighted by atomic mass is 32.2. The van der Waals surface area contributed by atoms with Crippen molar-refractivity contribution in [2.75, 3.05) is 12.9 Å². The number of rotatable bonds is 6. The molecule has 1 atom stereocenters. The first-order valence-corrected chi connectivity index (χ1v) is 7.46. The van der Waals surface area contributed by atoms with Crippen molar-refractivity contribution in [3.8, 4) is 0 Å². The van der Waals surface area contributed by atoms with E-state index in [0.29, 0.717) is 12.2 Å². The Balaban J connectivity index is 2.10. The molecule has 0 aliphatic rings. The lowest BCUT2D eigenvalue weighted by molar-refractivity contribution is -0.147. The first kappa shape index (κ1) is 15.5. The van der Waals surface area contributed by atoms with Gasteiger partial charge in [-0.15, -0.1) is 10.2 Å². The minimum Gasteiger partial charge on any atom is -0.467 e. The summed E-state index contributed by atoms with van der Waals surface area (Å²) in [6.45, 7) is 0. The van der Waals surface area contributed by atoms with E-state index < -0.39 is 11.5 Å². The Kier molecular flexibility index (Phi) is 4.98. The molecule has 0 aliphatic heterocycles. The third kappa shape index (κ3) is 3.43. The lowest BCUT2D eigenvalue weighted by atomic mass is 9.88. The number of aromatic nitrogens is 3. The highest BCUT2D eigenvalue weighted by Gasteiger charge is 2.36. The van der Waals surface area contributed by atoms with E-state index in [2.05, 4.69) is 10.2 Å². The van der Waals surface area contributed by atoms with E-state index in [1.165, 1.54) is 18.9 Å². The number of carbonyl (C=O) groups is 1. The Morgan fingerprint density at radius 1 is 1.43 bits per heavy atom. The van der Waals surface area contributed by atoms with E-state index in [-0.39, 0.29) is 0 Å². The maximum atomic E-state index is 12.1. The van der Waals surface area contributed by atoms with Crippen molar-refractivity contribution in [2.24, 2.45) is 12.8 Å². The third-order valence-electron chi connectivity index (χ3n) is 3.24. The van der Waals surface area contributed by atoms with Crippen LogP contribution in [0.2, 0.25) is 0 Å². The second kappa shape index (κ2) is 6.73. The molecule has 1 heterocycles. The van der Waals surface area contributed by atoms with Crippen molar-refractivity contribution in [2.45, 2.75) is 17.1 Å². The van der Waals surface area contributed by atoms with Crippen molar-refractivity contribution in [3.63, 3.8) is 0 Å². The number of methoxy groups -OCH3 is 1. The van der Waals surface area contributed by atoms with Crippen LogP contribution in [0.5, 0.6) is 0 Å². The van der Waals surface area contributed by atoms with E-state index in [9.17, 15) is 4.79 Å². The molecule has 0 bridgehead atoms. The summed E-state index contributed by atoms with van der Waals surface area (Å²) >= 11 is 1.50. The SMILES string of the molecule is COC(=O)C(N)(CCSc1nncn1C)c1ccccc1. The van der Waals surface area contributed by atoms with Crippen LogP contribution < -0.4 is 5.73 Å². The molecule has 2 N–H and O–H groups in total. The molecule has 2 rings (SSSR count). The number of nitrogens with two attached hydrogens (primary N) is 1. The molecule has 0 saturated heterocycles. The zero-order chi connectivity index (χ0) is 15.3. The fraction of sp³-hybridized carbons (Fsp3) is 0.357. The fourth-order valence-corrected chi connectivity index (χ4v) is 2.95. The average Bonchev–Trinajstić information content (AvgIpc) is 2.92. The zero-order valence-electron chi connectivity index (χ0n) is 12.0. The van der Waals surface area contributed by atoms with Gasteiger partial charge in [0.05, 0.1) is 7.11 Å². The smallest absolute Gasteiger partial charge is 0.330 e. The molecule has 7 heteroatoms. The number of carbonyl (C=O) groups excluding carboxylic acids is 1. The number of ether oxygens (including phenoxy) is 1. The summed E-state index contributed by atoms with van der Waals surface area (Å²) in [5.41, 5.74) is 5.91. The monoisotopic (exact) mass is 306 g/mol. The molecule has 0 radical (unpaired) electrons. The largest absolute Gasteiger partial charge is 0.467 e. The normalized spacial score (nSPS) is 13.7. The Morgan fingerprint density at radius 3 is 2.71 bits per heavy atom. The van der Waals surface area contributed by atoms with Crippen LogP contribution in [0, 0.1) is 0 Å². The highest BCUT2D eigenvalue weighted by molar-refractivity contribution is 7.99. The van der Waals surface area contributed by atoms with Gasteiger partial charge in [-0.2, -0.15) is 0 Å². The molecular weight excluding hydrogens is 288 g/mol. The molecule has 1 unspecified atom stereocenters. The Labute approximate surface area is 127 Å². The second-order valence-electron chi connectivity index (χ2n) is 4.65. The minimum atomic E-state index is -1.15. The molecule has 0 fully saturated rings. The molecule has 112 valence electrons. The standard InChI is InChI=1S/C14H18N4O2S/c1-18-10-16-17-13(18)21-9-8-14(15,12(19)20-2)11-6-4-3-5-7-11/h3-7,10H,8-9,15H2,1-2H3. The molecule has 1 aromatic carbocycles. The van der Waals surface area contributed by atoms with Gasteiger partial charge in [0.1, 0.15) is 11.9 Å². The Bertz CT molecular complexity index is 602. The van der Waals surface area contributed by atoms with Gasteiger partial charge in [-0.3, -0.25) is 0 Å². The number of benzene rings is 1. The van der Waals surface area contributed by atoms with Crippen molar-refractivity contribution in [1.29, 1.82) is 0 Å². The number of aryl methyl sites for hydroxylation is 1. The van der Waals surface area contributed by atoms with Gasteiger partial charge in [0, 0.05) is 12.8 Å². The molecule has 2 aromatic rings. The summed E-state index contributed by atoms with van der Waals surface area (Å²) < 4.78 is 6.70. The van der Waals surface area contributed by atoms with Crippen LogP contribution in [-0.4, -0.2) is 33.6 Å². The lowest BCUT2D eigenvalue weighted by Gasteiger charge is -2.26. The molecule has 21 heavy (non-hydrogen) atoms.